The fourth-order valence-corrected chi connectivity index (χ4v) is 0.957. The third-order valence-electron chi connectivity index (χ3n) is 1.43. The molecule has 0 aliphatic carbocycles. The molecule has 1 aromatic carbocycles. The minimum absolute atomic E-state index is 0.446. The lowest BCUT2D eigenvalue weighted by Crippen LogP contribution is -1.93. The van der Waals surface area contributed by atoms with Gasteiger partial charge in [0.25, 0.3) is 0 Å². The average molecular weight is 173 g/mol. The van der Waals surface area contributed by atoms with Gasteiger partial charge in [0, 0.05) is 11.4 Å². The van der Waals surface area contributed by atoms with Gasteiger partial charge in [-0.05, 0) is 5.56 Å². The molecule has 0 aliphatic heterocycles. The van der Waals surface area contributed by atoms with E-state index in [1.54, 1.807) is 24.3 Å². The molecule has 1 rings (SSSR count). The van der Waals surface area contributed by atoms with E-state index in [1.165, 1.54) is 0 Å². The Labute approximate surface area is 70.1 Å². The summed E-state index contributed by atoms with van der Waals surface area (Å²) >= 11 is 5.53. The zero-order chi connectivity index (χ0) is 8.27. The highest BCUT2D eigenvalue weighted by atomic mass is 35.5. The van der Waals surface area contributed by atoms with Gasteiger partial charge in [0.15, 0.2) is 6.29 Å². The molecule has 60 valence electrons. The number of halogens is 1. The van der Waals surface area contributed by atoms with E-state index < -0.39 is 6.29 Å². The van der Waals surface area contributed by atoms with Gasteiger partial charge in [0.1, 0.15) is 0 Å². The summed E-state index contributed by atoms with van der Waals surface area (Å²) in [6.45, 7) is 0. The highest BCUT2D eigenvalue weighted by Gasteiger charge is 2.00. The zero-order valence-corrected chi connectivity index (χ0v) is 6.62. The Bertz CT molecular complexity index is 218. The van der Waals surface area contributed by atoms with E-state index in [4.69, 9.17) is 21.8 Å². The van der Waals surface area contributed by atoms with Gasteiger partial charge in [-0.1, -0.05) is 24.3 Å². The van der Waals surface area contributed by atoms with Crippen molar-refractivity contribution in [3.8, 4) is 0 Å². The van der Waals surface area contributed by atoms with Crippen molar-refractivity contribution < 1.29 is 10.2 Å². The van der Waals surface area contributed by atoms with Gasteiger partial charge in [-0.15, -0.1) is 11.6 Å². The second kappa shape index (κ2) is 3.72. The van der Waals surface area contributed by atoms with Crippen molar-refractivity contribution >= 4 is 11.6 Å². The minimum atomic E-state index is -1.39. The monoisotopic (exact) mass is 172 g/mol. The van der Waals surface area contributed by atoms with Crippen molar-refractivity contribution in [3.63, 3.8) is 0 Å². The van der Waals surface area contributed by atoms with E-state index in [1.807, 2.05) is 0 Å². The van der Waals surface area contributed by atoms with Crippen LogP contribution in [-0.2, 0) is 5.88 Å². The van der Waals surface area contributed by atoms with Gasteiger partial charge in [-0.3, -0.25) is 0 Å². The topological polar surface area (TPSA) is 40.5 Å². The number of hydrogen-bond acceptors (Lipinski definition) is 2. The first-order valence-corrected chi connectivity index (χ1v) is 3.78. The van der Waals surface area contributed by atoms with Crippen LogP contribution in [0.15, 0.2) is 24.3 Å². The second-order valence-corrected chi connectivity index (χ2v) is 2.52. The molecule has 0 saturated heterocycles. The molecule has 0 radical (unpaired) electrons. The van der Waals surface area contributed by atoms with Crippen LogP contribution in [0.2, 0.25) is 0 Å². The zero-order valence-electron chi connectivity index (χ0n) is 5.87. The van der Waals surface area contributed by atoms with Crippen LogP contribution in [0.25, 0.3) is 0 Å². The maximum absolute atomic E-state index is 8.71. The lowest BCUT2D eigenvalue weighted by molar-refractivity contribution is -0.0424. The van der Waals surface area contributed by atoms with Crippen molar-refractivity contribution in [2.24, 2.45) is 0 Å². The molecule has 11 heavy (non-hydrogen) atoms. The van der Waals surface area contributed by atoms with Gasteiger partial charge < -0.3 is 10.2 Å². The van der Waals surface area contributed by atoms with Crippen molar-refractivity contribution in [2.75, 3.05) is 0 Å². The van der Waals surface area contributed by atoms with Crippen LogP contribution in [0.4, 0.5) is 0 Å². The molecule has 0 fully saturated rings. The molecule has 0 amide bonds. The van der Waals surface area contributed by atoms with Crippen LogP contribution < -0.4 is 0 Å². The SMILES string of the molecule is OC(O)c1ccc(CCl)cc1. The Balaban J connectivity index is 2.83. The van der Waals surface area contributed by atoms with Crippen molar-refractivity contribution in [1.29, 1.82) is 0 Å². The quantitative estimate of drug-likeness (QED) is 0.523. The average Bonchev–Trinajstić information content (AvgIpc) is 2.05. The first-order chi connectivity index (χ1) is 5.24. The van der Waals surface area contributed by atoms with Gasteiger partial charge in [-0.25, -0.2) is 0 Å². The first kappa shape index (κ1) is 8.53. The summed E-state index contributed by atoms with van der Waals surface area (Å²) in [6, 6.07) is 6.81. The fraction of sp³-hybridized carbons (Fsp3) is 0.250. The summed E-state index contributed by atoms with van der Waals surface area (Å²) in [6.07, 6.45) is -1.39. The maximum Gasteiger partial charge on any atom is 0.178 e. The molecule has 0 atom stereocenters. The summed E-state index contributed by atoms with van der Waals surface area (Å²) in [7, 11) is 0. The Morgan fingerprint density at radius 3 is 2.09 bits per heavy atom. The molecule has 0 aromatic heterocycles. The molecule has 0 unspecified atom stereocenters. The van der Waals surface area contributed by atoms with E-state index in [0.717, 1.165) is 5.56 Å². The van der Waals surface area contributed by atoms with E-state index in [9.17, 15) is 0 Å². The molecule has 0 spiro atoms. The summed E-state index contributed by atoms with van der Waals surface area (Å²) in [4.78, 5) is 0. The van der Waals surface area contributed by atoms with Gasteiger partial charge in [0.2, 0.25) is 0 Å². The third kappa shape index (κ3) is 2.19. The summed E-state index contributed by atoms with van der Waals surface area (Å²) < 4.78 is 0. The Hall–Kier alpha value is -0.570. The Morgan fingerprint density at radius 1 is 1.18 bits per heavy atom. The molecule has 2 nitrogen and oxygen atoms in total. The number of benzene rings is 1. The number of hydrogen-bond donors (Lipinski definition) is 2. The molecule has 2 N–H and O–H groups in total. The van der Waals surface area contributed by atoms with Gasteiger partial charge in [0.05, 0.1) is 0 Å². The van der Waals surface area contributed by atoms with Crippen LogP contribution in [0.3, 0.4) is 0 Å². The number of aliphatic hydroxyl groups is 2. The molecule has 0 heterocycles. The van der Waals surface area contributed by atoms with E-state index >= 15 is 0 Å². The molecular formula is C8H9ClO2. The van der Waals surface area contributed by atoms with Crippen LogP contribution >= 0.6 is 11.6 Å². The molecule has 0 bridgehead atoms. The number of rotatable bonds is 2. The van der Waals surface area contributed by atoms with Crippen LogP contribution in [0, 0.1) is 0 Å². The van der Waals surface area contributed by atoms with Crippen molar-refractivity contribution in [3.05, 3.63) is 35.4 Å². The molecule has 0 saturated carbocycles. The highest BCUT2D eigenvalue weighted by molar-refractivity contribution is 6.17. The third-order valence-corrected chi connectivity index (χ3v) is 1.74. The standard InChI is InChI=1S/C8H9ClO2/c9-5-6-1-3-7(4-2-6)8(10)11/h1-4,8,10-11H,5H2. The first-order valence-electron chi connectivity index (χ1n) is 3.25. The molecule has 0 aliphatic rings. The van der Waals surface area contributed by atoms with Crippen LogP contribution in [-0.4, -0.2) is 10.2 Å². The predicted molar refractivity (Wildman–Crippen MR) is 43.2 cm³/mol. The number of aliphatic hydroxyl groups excluding tert-OH is 1. The minimum Gasteiger partial charge on any atom is -0.364 e. The van der Waals surface area contributed by atoms with Gasteiger partial charge >= 0.3 is 0 Å². The highest BCUT2D eigenvalue weighted by Crippen LogP contribution is 2.11. The Kier molecular flexibility index (Phi) is 2.88. The van der Waals surface area contributed by atoms with E-state index in [2.05, 4.69) is 0 Å². The molecular weight excluding hydrogens is 164 g/mol. The van der Waals surface area contributed by atoms with Crippen molar-refractivity contribution in [1.82, 2.24) is 0 Å². The van der Waals surface area contributed by atoms with Crippen LogP contribution in [0.5, 0.6) is 0 Å². The summed E-state index contributed by atoms with van der Waals surface area (Å²) in [5.74, 6) is 0.446. The van der Waals surface area contributed by atoms with Crippen LogP contribution in [0.1, 0.15) is 17.4 Å². The van der Waals surface area contributed by atoms with E-state index in [0.29, 0.717) is 11.4 Å². The predicted octanol–water partition coefficient (Wildman–Crippen LogP) is 1.41. The largest absolute Gasteiger partial charge is 0.364 e. The lowest BCUT2D eigenvalue weighted by Gasteiger charge is -2.02. The van der Waals surface area contributed by atoms with E-state index in [-0.39, 0.29) is 0 Å². The molecule has 3 heteroatoms. The second-order valence-electron chi connectivity index (χ2n) is 2.25. The maximum atomic E-state index is 8.71. The number of alkyl halides is 1. The smallest absolute Gasteiger partial charge is 0.178 e. The summed E-state index contributed by atoms with van der Waals surface area (Å²) in [5.41, 5.74) is 1.45. The Morgan fingerprint density at radius 2 is 1.73 bits per heavy atom. The van der Waals surface area contributed by atoms with Gasteiger partial charge in [-0.2, -0.15) is 0 Å². The fourth-order valence-electron chi connectivity index (χ4n) is 0.779. The normalized spacial score (nSPS) is 10.5. The molecule has 1 aromatic rings. The summed E-state index contributed by atoms with van der Waals surface area (Å²) in [5, 5.41) is 17.4. The van der Waals surface area contributed by atoms with Crippen molar-refractivity contribution in [2.45, 2.75) is 12.2 Å². The lowest BCUT2D eigenvalue weighted by atomic mass is 10.1.